The molecule has 0 heterocycles. The fourth-order valence-electron chi connectivity index (χ4n) is 2.87. The number of nitrogens with zero attached hydrogens (tertiary/aromatic N) is 1. The van der Waals surface area contributed by atoms with Crippen LogP contribution in [0.1, 0.15) is 31.9 Å². The number of hydrogen-bond donors (Lipinski definition) is 1. The van der Waals surface area contributed by atoms with E-state index in [0.717, 1.165) is 17.4 Å². The SMILES string of the molecule is Cc1ccc(C)c(N([C@@H](C)C(=O)Nc2ccc(OC(C)C)cc2)S(C)(=O)=O)c1. The van der Waals surface area contributed by atoms with E-state index >= 15 is 0 Å². The van der Waals surface area contributed by atoms with E-state index in [1.807, 2.05) is 39.8 Å². The zero-order chi connectivity index (χ0) is 21.1. The van der Waals surface area contributed by atoms with Crippen LogP contribution in [0.3, 0.4) is 0 Å². The maximum absolute atomic E-state index is 12.8. The summed E-state index contributed by atoms with van der Waals surface area (Å²) in [6.45, 7) is 9.16. The summed E-state index contributed by atoms with van der Waals surface area (Å²) < 4.78 is 31.7. The number of carbonyl (C=O) groups is 1. The lowest BCUT2D eigenvalue weighted by molar-refractivity contribution is -0.116. The van der Waals surface area contributed by atoms with Crippen LogP contribution in [0.15, 0.2) is 42.5 Å². The Hall–Kier alpha value is -2.54. The molecule has 0 aliphatic heterocycles. The molecule has 2 aromatic carbocycles. The average molecular weight is 405 g/mol. The van der Waals surface area contributed by atoms with Gasteiger partial charge in [0.25, 0.3) is 0 Å². The Balaban J connectivity index is 2.26. The van der Waals surface area contributed by atoms with E-state index < -0.39 is 22.0 Å². The van der Waals surface area contributed by atoms with E-state index in [1.165, 1.54) is 4.31 Å². The van der Waals surface area contributed by atoms with Crippen molar-refractivity contribution in [3.63, 3.8) is 0 Å². The number of aryl methyl sites for hydroxylation is 2. The zero-order valence-corrected chi connectivity index (χ0v) is 18.0. The molecule has 0 aliphatic carbocycles. The summed E-state index contributed by atoms with van der Waals surface area (Å²) in [5.74, 6) is 0.290. The van der Waals surface area contributed by atoms with Crippen molar-refractivity contribution in [2.45, 2.75) is 46.8 Å². The van der Waals surface area contributed by atoms with E-state index in [-0.39, 0.29) is 6.10 Å². The summed E-state index contributed by atoms with van der Waals surface area (Å²) in [6, 6.07) is 11.6. The molecule has 0 fully saturated rings. The highest BCUT2D eigenvalue weighted by Gasteiger charge is 2.30. The first-order valence-electron chi connectivity index (χ1n) is 9.13. The summed E-state index contributed by atoms with van der Waals surface area (Å²) in [5.41, 5.74) is 2.78. The number of rotatable bonds is 7. The molecule has 2 aromatic rings. The largest absolute Gasteiger partial charge is 0.491 e. The second-order valence-corrected chi connectivity index (χ2v) is 9.06. The Morgan fingerprint density at radius 3 is 2.18 bits per heavy atom. The minimum absolute atomic E-state index is 0.0568. The quantitative estimate of drug-likeness (QED) is 0.760. The van der Waals surface area contributed by atoms with E-state index in [2.05, 4.69) is 5.32 Å². The van der Waals surface area contributed by atoms with Gasteiger partial charge < -0.3 is 10.1 Å². The molecule has 1 N–H and O–H groups in total. The standard InChI is InChI=1S/C21H28N2O4S/c1-14(2)27-19-11-9-18(10-12-19)22-21(24)17(5)23(28(6,25)26)20-13-15(3)7-8-16(20)4/h7-14,17H,1-6H3,(H,22,24)/t17-/m0/s1. The van der Waals surface area contributed by atoms with Gasteiger partial charge in [-0.15, -0.1) is 0 Å². The normalized spacial score (nSPS) is 12.5. The minimum Gasteiger partial charge on any atom is -0.491 e. The lowest BCUT2D eigenvalue weighted by Crippen LogP contribution is -2.45. The van der Waals surface area contributed by atoms with Crippen molar-refractivity contribution in [3.05, 3.63) is 53.6 Å². The smallest absolute Gasteiger partial charge is 0.247 e. The Labute approximate surface area is 167 Å². The van der Waals surface area contributed by atoms with Gasteiger partial charge in [-0.25, -0.2) is 8.42 Å². The third kappa shape index (κ3) is 5.48. The first-order valence-corrected chi connectivity index (χ1v) is 11.0. The second kappa shape index (κ2) is 8.65. The van der Waals surface area contributed by atoms with Crippen LogP contribution in [-0.4, -0.2) is 32.7 Å². The summed E-state index contributed by atoms with van der Waals surface area (Å²) >= 11 is 0. The third-order valence-electron chi connectivity index (χ3n) is 4.18. The molecule has 0 aromatic heterocycles. The van der Waals surface area contributed by atoms with Crippen molar-refractivity contribution < 1.29 is 17.9 Å². The first kappa shape index (κ1) is 21.8. The molecule has 1 atom stereocenters. The Morgan fingerprint density at radius 1 is 1.04 bits per heavy atom. The van der Waals surface area contributed by atoms with Crippen LogP contribution in [0, 0.1) is 13.8 Å². The average Bonchev–Trinajstić information content (AvgIpc) is 2.58. The van der Waals surface area contributed by atoms with Crippen LogP contribution >= 0.6 is 0 Å². The van der Waals surface area contributed by atoms with Gasteiger partial charge in [-0.2, -0.15) is 0 Å². The fourth-order valence-corrected chi connectivity index (χ4v) is 4.10. The number of carbonyl (C=O) groups excluding carboxylic acids is 1. The highest BCUT2D eigenvalue weighted by atomic mass is 32.2. The van der Waals surface area contributed by atoms with Gasteiger partial charge in [0, 0.05) is 5.69 Å². The maximum Gasteiger partial charge on any atom is 0.247 e. The van der Waals surface area contributed by atoms with E-state index in [9.17, 15) is 13.2 Å². The Morgan fingerprint density at radius 2 is 1.64 bits per heavy atom. The highest BCUT2D eigenvalue weighted by molar-refractivity contribution is 7.92. The van der Waals surface area contributed by atoms with Gasteiger partial charge in [-0.05, 0) is 76.1 Å². The Bertz CT molecular complexity index is 937. The van der Waals surface area contributed by atoms with E-state index in [1.54, 1.807) is 37.3 Å². The van der Waals surface area contributed by atoms with Gasteiger partial charge in [0.15, 0.2) is 0 Å². The molecule has 1 amide bonds. The molecule has 6 nitrogen and oxygen atoms in total. The van der Waals surface area contributed by atoms with Crippen molar-refractivity contribution in [2.24, 2.45) is 0 Å². The van der Waals surface area contributed by atoms with Gasteiger partial charge >= 0.3 is 0 Å². The van der Waals surface area contributed by atoms with Gasteiger partial charge in [0.2, 0.25) is 15.9 Å². The van der Waals surface area contributed by atoms with Crippen LogP contribution in [0.25, 0.3) is 0 Å². The molecular weight excluding hydrogens is 376 g/mol. The molecule has 7 heteroatoms. The fraction of sp³-hybridized carbons (Fsp3) is 0.381. The first-order chi connectivity index (χ1) is 13.0. The number of hydrogen-bond acceptors (Lipinski definition) is 4. The minimum atomic E-state index is -3.66. The summed E-state index contributed by atoms with van der Waals surface area (Å²) in [4.78, 5) is 12.8. The van der Waals surface area contributed by atoms with Crippen molar-refractivity contribution in [3.8, 4) is 5.75 Å². The highest BCUT2D eigenvalue weighted by Crippen LogP contribution is 2.27. The summed E-state index contributed by atoms with van der Waals surface area (Å²) in [5, 5.41) is 2.78. The lowest BCUT2D eigenvalue weighted by Gasteiger charge is -2.29. The van der Waals surface area contributed by atoms with Gasteiger partial charge in [0.1, 0.15) is 11.8 Å². The van der Waals surface area contributed by atoms with E-state index in [4.69, 9.17) is 4.74 Å². The molecule has 28 heavy (non-hydrogen) atoms. The molecular formula is C21H28N2O4S. The molecule has 0 spiro atoms. The zero-order valence-electron chi connectivity index (χ0n) is 17.2. The number of benzene rings is 2. The molecule has 0 saturated heterocycles. The molecule has 0 unspecified atom stereocenters. The van der Waals surface area contributed by atoms with Crippen LogP contribution in [-0.2, 0) is 14.8 Å². The Kier molecular flexibility index (Phi) is 6.72. The van der Waals surface area contributed by atoms with Crippen molar-refractivity contribution in [1.29, 1.82) is 0 Å². The number of anilines is 2. The van der Waals surface area contributed by atoms with Gasteiger partial charge in [-0.3, -0.25) is 9.10 Å². The summed E-state index contributed by atoms with van der Waals surface area (Å²) in [6.07, 6.45) is 1.16. The monoisotopic (exact) mass is 404 g/mol. The van der Waals surface area contributed by atoms with Crippen LogP contribution in [0.2, 0.25) is 0 Å². The lowest BCUT2D eigenvalue weighted by atomic mass is 10.1. The molecule has 152 valence electrons. The van der Waals surface area contributed by atoms with Crippen LogP contribution in [0.5, 0.6) is 5.75 Å². The number of sulfonamides is 1. The third-order valence-corrected chi connectivity index (χ3v) is 5.41. The van der Waals surface area contributed by atoms with Crippen LogP contribution in [0.4, 0.5) is 11.4 Å². The number of ether oxygens (including phenoxy) is 1. The number of amides is 1. The summed E-state index contributed by atoms with van der Waals surface area (Å²) in [7, 11) is -3.66. The van der Waals surface area contributed by atoms with Gasteiger partial charge in [0.05, 0.1) is 18.0 Å². The molecule has 0 saturated carbocycles. The predicted molar refractivity (Wildman–Crippen MR) is 114 cm³/mol. The number of nitrogens with one attached hydrogen (secondary N) is 1. The van der Waals surface area contributed by atoms with Gasteiger partial charge in [-0.1, -0.05) is 12.1 Å². The predicted octanol–water partition coefficient (Wildman–Crippen LogP) is 3.88. The topological polar surface area (TPSA) is 75.7 Å². The molecule has 0 bridgehead atoms. The molecule has 0 aliphatic rings. The van der Waals surface area contributed by atoms with Crippen molar-refractivity contribution in [1.82, 2.24) is 0 Å². The van der Waals surface area contributed by atoms with E-state index in [0.29, 0.717) is 17.1 Å². The molecule has 0 radical (unpaired) electrons. The second-order valence-electron chi connectivity index (χ2n) is 7.20. The van der Waals surface area contributed by atoms with Crippen LogP contribution < -0.4 is 14.4 Å². The van der Waals surface area contributed by atoms with Crippen molar-refractivity contribution >= 4 is 27.3 Å². The van der Waals surface area contributed by atoms with Crippen molar-refractivity contribution in [2.75, 3.05) is 15.9 Å². The maximum atomic E-state index is 12.8. The molecule has 2 rings (SSSR count).